The molecule has 0 radical (unpaired) electrons. The summed E-state index contributed by atoms with van der Waals surface area (Å²) in [4.78, 5) is 85.4. The number of primary amides is 1. The van der Waals surface area contributed by atoms with Crippen molar-refractivity contribution in [1.29, 1.82) is 0 Å². The quantitative estimate of drug-likeness (QED) is 0.0851. The number of hydrogen-bond donors (Lipinski definition) is 5. The molecule has 1 aliphatic rings. The molecule has 1 aliphatic heterocycles. The largest absolute Gasteiger partial charge is 0.464 e. The monoisotopic (exact) mass is 723 g/mol. The van der Waals surface area contributed by atoms with Gasteiger partial charge >= 0.3 is 12.0 Å². The number of aromatic amines is 1. The number of carbonyl (C=O) groups is 6. The fraction of sp³-hybridized carbons (Fsp3) is 0.444. The van der Waals surface area contributed by atoms with Gasteiger partial charge in [0, 0.05) is 49.2 Å². The molecular formula is C36H46ClN7O7. The highest BCUT2D eigenvalue weighted by atomic mass is 35.5. The summed E-state index contributed by atoms with van der Waals surface area (Å²) in [5.74, 6) is -3.04. The summed E-state index contributed by atoms with van der Waals surface area (Å²) in [6.45, 7) is 2.17. The van der Waals surface area contributed by atoms with E-state index in [0.717, 1.165) is 11.1 Å². The number of ether oxygens (including phenoxy) is 1. The highest BCUT2D eigenvalue weighted by Crippen LogP contribution is 2.27. The maximum absolute atomic E-state index is 14.3. The van der Waals surface area contributed by atoms with Crippen molar-refractivity contribution < 1.29 is 33.5 Å². The van der Waals surface area contributed by atoms with Crippen molar-refractivity contribution in [3.05, 3.63) is 71.9 Å². The number of likely N-dealkylation sites (N-methyl/N-ethyl adjacent to an activating group) is 1. The molecule has 6 N–H and O–H groups in total. The normalized spacial score (nSPS) is 16.0. The topological polar surface area (TPSA) is 196 Å². The zero-order chi connectivity index (χ0) is 36.9. The van der Waals surface area contributed by atoms with Gasteiger partial charge < -0.3 is 41.2 Å². The Labute approximate surface area is 301 Å². The van der Waals surface area contributed by atoms with Gasteiger partial charge in [-0.25, -0.2) is 9.59 Å². The molecule has 2 heterocycles. The number of H-pyrrole nitrogens is 1. The van der Waals surface area contributed by atoms with Crippen LogP contribution in [-0.4, -0.2) is 101 Å². The van der Waals surface area contributed by atoms with Crippen LogP contribution < -0.4 is 21.7 Å². The Morgan fingerprint density at radius 2 is 1.76 bits per heavy atom. The maximum Gasteiger partial charge on any atom is 0.328 e. The van der Waals surface area contributed by atoms with Gasteiger partial charge in [0.25, 0.3) is 0 Å². The molecule has 0 spiro atoms. The van der Waals surface area contributed by atoms with Crippen LogP contribution in [0, 0.1) is 0 Å². The van der Waals surface area contributed by atoms with Crippen molar-refractivity contribution in [2.75, 3.05) is 32.6 Å². The van der Waals surface area contributed by atoms with Crippen molar-refractivity contribution in [3.63, 3.8) is 0 Å². The minimum Gasteiger partial charge on any atom is -0.464 e. The highest BCUT2D eigenvalue weighted by molar-refractivity contribution is 6.27. The summed E-state index contributed by atoms with van der Waals surface area (Å²) in [6.07, 6.45) is 3.92. The number of likely N-dealkylation sites (tertiary alicyclic amines) is 1. The van der Waals surface area contributed by atoms with E-state index in [4.69, 9.17) is 22.1 Å². The number of aromatic nitrogens is 1. The zero-order valence-corrected chi connectivity index (χ0v) is 29.6. The van der Waals surface area contributed by atoms with Crippen LogP contribution in [0.2, 0.25) is 0 Å². The van der Waals surface area contributed by atoms with Gasteiger partial charge in [0.2, 0.25) is 23.6 Å². The number of nitrogens with two attached hydrogens (primary N) is 1. The van der Waals surface area contributed by atoms with Crippen LogP contribution in [0.25, 0.3) is 10.9 Å². The second kappa shape index (κ2) is 18.8. The molecule has 4 atom stereocenters. The van der Waals surface area contributed by atoms with E-state index in [1.807, 2.05) is 42.5 Å². The first-order chi connectivity index (χ1) is 24.5. The average Bonchev–Trinajstić information content (AvgIpc) is 3.57. The summed E-state index contributed by atoms with van der Waals surface area (Å²) in [5, 5.41) is 8.76. The van der Waals surface area contributed by atoms with Crippen LogP contribution in [-0.2, 0) is 35.1 Å². The number of rotatable bonds is 16. The molecule has 51 heavy (non-hydrogen) atoms. The average molecular weight is 724 g/mol. The molecule has 1 fully saturated rings. The minimum atomic E-state index is -1.27. The van der Waals surface area contributed by atoms with Gasteiger partial charge in [0.1, 0.15) is 30.0 Å². The van der Waals surface area contributed by atoms with Crippen LogP contribution in [0.1, 0.15) is 56.2 Å². The number of alkyl halides is 1. The third-order valence-corrected chi connectivity index (χ3v) is 9.19. The van der Waals surface area contributed by atoms with Gasteiger partial charge in [-0.05, 0) is 50.7 Å². The number of nitrogens with one attached hydrogen (secondary N) is 4. The first kappa shape index (κ1) is 38.7. The first-order valence-electron chi connectivity index (χ1n) is 17.1. The Bertz CT molecular complexity index is 1680. The molecule has 6 amide bonds. The Kier molecular flexibility index (Phi) is 14.2. The first-order valence-corrected chi connectivity index (χ1v) is 17.6. The number of piperidine rings is 1. The molecule has 1 saturated heterocycles. The van der Waals surface area contributed by atoms with Crippen LogP contribution >= 0.6 is 11.6 Å². The smallest absolute Gasteiger partial charge is 0.328 e. The lowest BCUT2D eigenvalue weighted by Gasteiger charge is -2.39. The number of benzene rings is 2. The molecule has 0 bridgehead atoms. The van der Waals surface area contributed by atoms with Crippen molar-refractivity contribution in [2.24, 2.45) is 5.73 Å². The number of carbonyl (C=O) groups excluding carboxylic acids is 6. The van der Waals surface area contributed by atoms with Crippen LogP contribution in [0.4, 0.5) is 4.79 Å². The SMILES string of the molecule is CCOC(=O)[C@H](CCCNC(N)=O)NC(=O)[C@@H](NC(=O)[C@@H]1CCCCN1C(=O)[C@H](Cc1ccccc1)N(C)C(=O)CCl)c1c[nH]c2ccccc12. The van der Waals surface area contributed by atoms with Crippen molar-refractivity contribution in [2.45, 2.75) is 69.6 Å². The van der Waals surface area contributed by atoms with E-state index >= 15 is 0 Å². The molecule has 4 rings (SSSR count). The van der Waals surface area contributed by atoms with Crippen LogP contribution in [0.15, 0.2) is 60.8 Å². The summed E-state index contributed by atoms with van der Waals surface area (Å²) in [7, 11) is 1.52. The summed E-state index contributed by atoms with van der Waals surface area (Å²) in [6, 6.07) is 11.6. The van der Waals surface area contributed by atoms with Gasteiger partial charge in [-0.2, -0.15) is 0 Å². The summed E-state index contributed by atoms with van der Waals surface area (Å²) < 4.78 is 5.21. The third-order valence-electron chi connectivity index (χ3n) is 8.96. The lowest BCUT2D eigenvalue weighted by molar-refractivity contribution is -0.150. The van der Waals surface area contributed by atoms with Crippen LogP contribution in [0.3, 0.4) is 0 Å². The van der Waals surface area contributed by atoms with Crippen LogP contribution in [0.5, 0.6) is 0 Å². The molecular weight excluding hydrogens is 678 g/mol. The standard InChI is InChI=1S/C36H46ClN7O7/c1-3-51-35(49)27(16-11-18-39-36(38)50)41-33(47)31(25-22-40-26-15-8-7-14-24(25)26)42-32(46)28-17-9-10-19-44(28)34(48)29(43(2)30(45)21-37)20-23-12-5-4-6-13-23/h4-8,12-15,22,27-29,31,40H,3,9-11,16-21H2,1-2H3,(H,41,47)(H,42,46)(H3,38,39,50)/t27-,28-,29-,31-/m0/s1. The zero-order valence-electron chi connectivity index (χ0n) is 28.9. The predicted octanol–water partition coefficient (Wildman–Crippen LogP) is 2.51. The van der Waals surface area contributed by atoms with Crippen molar-refractivity contribution in [3.8, 4) is 0 Å². The number of urea groups is 1. The predicted molar refractivity (Wildman–Crippen MR) is 191 cm³/mol. The molecule has 15 heteroatoms. The number of nitrogens with zero attached hydrogens (tertiary/aromatic N) is 2. The Morgan fingerprint density at radius 1 is 1.04 bits per heavy atom. The molecule has 2 aromatic carbocycles. The lowest BCUT2D eigenvalue weighted by atomic mass is 9.96. The molecule has 0 aliphatic carbocycles. The van der Waals surface area contributed by atoms with E-state index in [9.17, 15) is 28.8 Å². The van der Waals surface area contributed by atoms with Gasteiger partial charge in [-0.3, -0.25) is 19.2 Å². The van der Waals surface area contributed by atoms with E-state index in [2.05, 4.69) is 20.9 Å². The molecule has 274 valence electrons. The summed E-state index contributed by atoms with van der Waals surface area (Å²) >= 11 is 5.89. The number of halogens is 1. The van der Waals surface area contributed by atoms with Gasteiger partial charge in [0.05, 0.1) is 6.61 Å². The number of amides is 6. The van der Waals surface area contributed by atoms with E-state index < -0.39 is 59.8 Å². The van der Waals surface area contributed by atoms with E-state index in [-0.39, 0.29) is 38.4 Å². The molecule has 3 aromatic rings. The molecule has 0 saturated carbocycles. The Hall–Kier alpha value is -5.11. The lowest BCUT2D eigenvalue weighted by Crippen LogP contribution is -2.59. The van der Waals surface area contributed by atoms with Gasteiger partial charge in [-0.15, -0.1) is 11.6 Å². The van der Waals surface area contributed by atoms with Crippen molar-refractivity contribution in [1.82, 2.24) is 30.7 Å². The fourth-order valence-corrected chi connectivity index (χ4v) is 6.46. The molecule has 1 aromatic heterocycles. The van der Waals surface area contributed by atoms with E-state index in [1.54, 1.807) is 25.3 Å². The minimum absolute atomic E-state index is 0.0792. The van der Waals surface area contributed by atoms with E-state index in [1.165, 1.54) is 16.8 Å². The Balaban J connectivity index is 1.63. The number of hydrogen-bond acceptors (Lipinski definition) is 7. The molecule has 0 unspecified atom stereocenters. The fourth-order valence-electron chi connectivity index (χ4n) is 6.28. The second-order valence-electron chi connectivity index (χ2n) is 12.4. The second-order valence-corrected chi connectivity index (χ2v) is 12.6. The number of para-hydroxylation sites is 1. The molecule has 14 nitrogen and oxygen atoms in total. The summed E-state index contributed by atoms with van der Waals surface area (Å²) in [5.41, 5.74) is 7.17. The Morgan fingerprint density at radius 3 is 2.47 bits per heavy atom. The number of fused-ring (bicyclic) bond motifs is 1. The number of esters is 1. The van der Waals surface area contributed by atoms with Gasteiger partial charge in [-0.1, -0.05) is 48.5 Å². The van der Waals surface area contributed by atoms with E-state index in [0.29, 0.717) is 36.6 Å². The van der Waals surface area contributed by atoms with Crippen molar-refractivity contribution >= 4 is 58.1 Å². The van der Waals surface area contributed by atoms with Gasteiger partial charge in [0.15, 0.2) is 0 Å². The maximum atomic E-state index is 14.3. The third kappa shape index (κ3) is 10.2. The highest BCUT2D eigenvalue weighted by Gasteiger charge is 2.40.